The Morgan fingerprint density at radius 1 is 0.929 bits per heavy atom. The number of carboxylic acid groups (broad SMARTS) is 1. The van der Waals surface area contributed by atoms with Crippen molar-refractivity contribution in [2.45, 2.75) is 65.6 Å². The zero-order chi connectivity index (χ0) is 22.0. The molecule has 0 aromatic heterocycles. The van der Waals surface area contributed by atoms with Crippen molar-refractivity contribution in [1.29, 1.82) is 0 Å². The third-order valence-corrected chi connectivity index (χ3v) is 4.70. The molecule has 0 aliphatic carbocycles. The van der Waals surface area contributed by atoms with Crippen molar-refractivity contribution in [2.75, 3.05) is 59.0 Å². The number of nitrogens with zero attached hydrogens (tertiary/aromatic N) is 2. The highest BCUT2D eigenvalue weighted by Gasteiger charge is 2.28. The van der Waals surface area contributed by atoms with E-state index in [4.69, 9.17) is 10.2 Å². The average molecular weight is 409 g/mol. The van der Waals surface area contributed by atoms with Gasteiger partial charge in [-0.2, -0.15) is 0 Å². The first kappa shape index (κ1) is 29.4. The summed E-state index contributed by atoms with van der Waals surface area (Å²) in [7, 11) is 0. The molecule has 0 saturated heterocycles. The van der Waals surface area contributed by atoms with Crippen LogP contribution in [0.1, 0.15) is 53.4 Å². The maximum atomic E-state index is 10.7. The van der Waals surface area contributed by atoms with Gasteiger partial charge in [-0.1, -0.05) is 27.7 Å². The van der Waals surface area contributed by atoms with Crippen LogP contribution in [-0.2, 0) is 4.79 Å². The third kappa shape index (κ3) is 15.2. The minimum Gasteiger partial charge on any atom is -0.544 e. The van der Waals surface area contributed by atoms with Gasteiger partial charge in [0.2, 0.25) is 0 Å². The van der Waals surface area contributed by atoms with Crippen molar-refractivity contribution in [3.63, 3.8) is 0 Å². The van der Waals surface area contributed by atoms with Gasteiger partial charge in [-0.25, -0.2) is 0 Å². The van der Waals surface area contributed by atoms with Crippen LogP contribution >= 0.6 is 0 Å². The van der Waals surface area contributed by atoms with E-state index in [1.807, 2.05) is 20.8 Å². The Kier molecular flexibility index (Phi) is 19.2. The van der Waals surface area contributed by atoms with Gasteiger partial charge in [0.1, 0.15) is 25.7 Å². The molecule has 0 aromatic rings. The lowest BCUT2D eigenvalue weighted by atomic mass is 10.2. The molecule has 0 heterocycles. The molecule has 3 atom stereocenters. The lowest BCUT2D eigenvalue weighted by molar-refractivity contribution is -0.926. The van der Waals surface area contributed by atoms with E-state index in [-0.39, 0.29) is 30.3 Å². The Morgan fingerprint density at radius 3 is 1.93 bits per heavy atom. The van der Waals surface area contributed by atoms with E-state index in [1.54, 1.807) is 0 Å². The van der Waals surface area contributed by atoms with Gasteiger partial charge in [-0.3, -0.25) is 4.90 Å². The molecular formula is C20H44N2O6. The van der Waals surface area contributed by atoms with Crippen LogP contribution in [0.3, 0.4) is 0 Å². The van der Waals surface area contributed by atoms with Crippen LogP contribution in [0.25, 0.3) is 0 Å². The topological polar surface area (TPSA) is 124 Å². The van der Waals surface area contributed by atoms with Crippen molar-refractivity contribution >= 4 is 5.97 Å². The zero-order valence-electron chi connectivity index (χ0n) is 18.3. The highest BCUT2D eigenvalue weighted by atomic mass is 16.4. The van der Waals surface area contributed by atoms with Crippen LogP contribution in [0.4, 0.5) is 0 Å². The first-order valence-corrected chi connectivity index (χ1v) is 10.6. The summed E-state index contributed by atoms with van der Waals surface area (Å²) in [5.41, 5.74) is 0. The normalized spacial score (nSPS) is 15.5. The minimum atomic E-state index is -1.13. The molecule has 0 amide bonds. The van der Waals surface area contributed by atoms with Crippen molar-refractivity contribution < 1.29 is 34.8 Å². The van der Waals surface area contributed by atoms with E-state index < -0.39 is 12.1 Å². The lowest BCUT2D eigenvalue weighted by Gasteiger charge is -2.39. The average Bonchev–Trinajstić information content (AvgIpc) is 2.62. The highest BCUT2D eigenvalue weighted by Crippen LogP contribution is 2.11. The number of quaternary nitrogens is 1. The van der Waals surface area contributed by atoms with Crippen molar-refractivity contribution in [2.24, 2.45) is 0 Å². The molecular weight excluding hydrogens is 364 g/mol. The minimum absolute atomic E-state index is 0.0796. The number of aliphatic carboxylic acids is 1. The summed E-state index contributed by atoms with van der Waals surface area (Å²) in [5, 5.41) is 47.5. The molecule has 8 nitrogen and oxygen atoms in total. The second-order valence-electron chi connectivity index (χ2n) is 7.37. The van der Waals surface area contributed by atoms with Gasteiger partial charge in [0.25, 0.3) is 0 Å². The van der Waals surface area contributed by atoms with Crippen molar-refractivity contribution in [3.8, 4) is 0 Å². The van der Waals surface area contributed by atoms with Crippen LogP contribution in [0, 0.1) is 0 Å². The zero-order valence-corrected chi connectivity index (χ0v) is 18.3. The number of rotatable bonds is 16. The number of hydrogen-bond donors (Lipinski definition) is 4. The first-order valence-electron chi connectivity index (χ1n) is 10.6. The molecule has 0 spiro atoms. The van der Waals surface area contributed by atoms with Gasteiger partial charge >= 0.3 is 0 Å². The first-order chi connectivity index (χ1) is 13.2. The summed E-state index contributed by atoms with van der Waals surface area (Å²) in [5.74, 6) is -1.13. The van der Waals surface area contributed by atoms with Crippen LogP contribution < -0.4 is 5.11 Å². The summed E-state index contributed by atoms with van der Waals surface area (Å²) in [6.45, 7) is 11.5. The Bertz CT molecular complexity index is 359. The van der Waals surface area contributed by atoms with Gasteiger partial charge < -0.3 is 34.8 Å². The molecule has 0 fully saturated rings. The maximum absolute atomic E-state index is 10.7. The van der Waals surface area contributed by atoms with Crippen LogP contribution in [-0.4, -0.2) is 107 Å². The second kappa shape index (κ2) is 18.3. The number of aliphatic hydroxyl groups is 4. The fourth-order valence-electron chi connectivity index (χ4n) is 3.23. The SMILES string of the molecule is CCCN(CCO)CC(O)CC.CCC[N+](CCO)(CC(=O)[O-])CC(O)CC. The van der Waals surface area contributed by atoms with Crippen LogP contribution in [0.15, 0.2) is 0 Å². The largest absolute Gasteiger partial charge is 0.544 e. The van der Waals surface area contributed by atoms with Crippen LogP contribution in [0.2, 0.25) is 0 Å². The second-order valence-corrected chi connectivity index (χ2v) is 7.37. The molecule has 28 heavy (non-hydrogen) atoms. The van der Waals surface area contributed by atoms with Crippen molar-refractivity contribution in [3.05, 3.63) is 0 Å². The standard InChI is InChI=1S/C11H23NO4.C9H21NO2/c1-3-5-12(6-7-13,9-11(15)16)8-10(14)4-2;1-3-5-10(6-7-11)8-9(12)4-2/h10,13-14H,3-9H2,1-2H3;9,11-12H,3-8H2,1-2H3. The number of carboxylic acids is 1. The van der Waals surface area contributed by atoms with E-state index in [0.717, 1.165) is 25.8 Å². The Hall–Kier alpha value is -0.770. The van der Waals surface area contributed by atoms with E-state index in [9.17, 15) is 20.1 Å². The number of aliphatic hydroxyl groups excluding tert-OH is 4. The molecule has 4 N–H and O–H groups in total. The lowest BCUT2D eigenvalue weighted by Crippen LogP contribution is -2.58. The molecule has 0 bridgehead atoms. The van der Waals surface area contributed by atoms with E-state index in [2.05, 4.69) is 11.8 Å². The van der Waals surface area contributed by atoms with Gasteiger partial charge in [0, 0.05) is 13.1 Å². The predicted molar refractivity (Wildman–Crippen MR) is 109 cm³/mol. The molecule has 170 valence electrons. The van der Waals surface area contributed by atoms with Gasteiger partial charge in [-0.05, 0) is 32.2 Å². The Balaban J connectivity index is 0. The number of carbonyl (C=O) groups excluding carboxylic acids is 1. The monoisotopic (exact) mass is 408 g/mol. The molecule has 0 saturated carbocycles. The van der Waals surface area contributed by atoms with E-state index in [1.165, 1.54) is 0 Å². The third-order valence-electron chi connectivity index (χ3n) is 4.70. The molecule has 8 heteroatoms. The number of carbonyl (C=O) groups is 1. The molecule has 0 aliphatic rings. The number of hydrogen-bond acceptors (Lipinski definition) is 7. The fourth-order valence-corrected chi connectivity index (χ4v) is 3.23. The van der Waals surface area contributed by atoms with Crippen molar-refractivity contribution in [1.82, 2.24) is 4.90 Å². The summed E-state index contributed by atoms with van der Waals surface area (Å²) < 4.78 is 0.199. The molecule has 0 radical (unpaired) electrons. The van der Waals surface area contributed by atoms with E-state index in [0.29, 0.717) is 39.1 Å². The van der Waals surface area contributed by atoms with Gasteiger partial charge in [0.05, 0.1) is 31.8 Å². The van der Waals surface area contributed by atoms with Gasteiger partial charge in [0.15, 0.2) is 0 Å². The quantitative estimate of drug-likeness (QED) is 0.246. The smallest absolute Gasteiger partial charge is 0.119 e. The molecule has 3 unspecified atom stereocenters. The summed E-state index contributed by atoms with van der Waals surface area (Å²) >= 11 is 0. The van der Waals surface area contributed by atoms with E-state index >= 15 is 0 Å². The Morgan fingerprint density at radius 2 is 1.54 bits per heavy atom. The fraction of sp³-hybridized carbons (Fsp3) is 0.950. The summed E-state index contributed by atoms with van der Waals surface area (Å²) in [6, 6.07) is 0. The predicted octanol–water partition coefficient (Wildman–Crippen LogP) is -0.812. The molecule has 0 rings (SSSR count). The molecule has 0 aromatic carbocycles. The molecule has 0 aliphatic heterocycles. The van der Waals surface area contributed by atoms with Gasteiger partial charge in [-0.15, -0.1) is 0 Å². The van der Waals surface area contributed by atoms with Crippen LogP contribution in [0.5, 0.6) is 0 Å². The highest BCUT2D eigenvalue weighted by molar-refractivity contribution is 5.65. The summed E-state index contributed by atoms with van der Waals surface area (Å²) in [6.07, 6.45) is 2.47. The summed E-state index contributed by atoms with van der Waals surface area (Å²) in [4.78, 5) is 12.8. The maximum Gasteiger partial charge on any atom is 0.119 e. The Labute approximate surface area is 171 Å².